The zero-order chi connectivity index (χ0) is 11.9. The van der Waals surface area contributed by atoms with Gasteiger partial charge in [0.15, 0.2) is 12.9 Å². The number of hydrogen-bond acceptors (Lipinski definition) is 5. The fourth-order valence-electron chi connectivity index (χ4n) is 1.60. The second-order valence-corrected chi connectivity index (χ2v) is 3.71. The number of oxime groups is 1. The summed E-state index contributed by atoms with van der Waals surface area (Å²) in [4.78, 5) is 5.16. The highest BCUT2D eigenvalue weighted by atomic mass is 16.7. The summed E-state index contributed by atoms with van der Waals surface area (Å²) in [5.74, 6) is 0. The Kier molecular flexibility index (Phi) is 4.30. The molecule has 0 bridgehead atoms. The highest BCUT2D eigenvalue weighted by Crippen LogP contribution is 2.11. The SMILES string of the molecule is N#CCC1=C/C(=N\OCC2OCCO2)CC=C1. The van der Waals surface area contributed by atoms with Gasteiger partial charge in [-0.2, -0.15) is 5.26 Å². The maximum Gasteiger partial charge on any atom is 0.194 e. The first-order chi connectivity index (χ1) is 8.38. The predicted octanol–water partition coefficient (Wildman–Crippen LogP) is 1.53. The normalized spacial score (nSPS) is 22.5. The van der Waals surface area contributed by atoms with E-state index < -0.39 is 0 Å². The van der Waals surface area contributed by atoms with E-state index in [1.54, 1.807) is 0 Å². The lowest BCUT2D eigenvalue weighted by molar-refractivity contribution is -0.0934. The van der Waals surface area contributed by atoms with Crippen LogP contribution in [0.5, 0.6) is 0 Å². The molecule has 2 aliphatic rings. The predicted molar refractivity (Wildman–Crippen MR) is 61.1 cm³/mol. The molecule has 90 valence electrons. The molecule has 0 aromatic heterocycles. The minimum absolute atomic E-state index is 0.300. The van der Waals surface area contributed by atoms with Crippen molar-refractivity contribution in [2.75, 3.05) is 19.8 Å². The van der Waals surface area contributed by atoms with E-state index in [9.17, 15) is 0 Å². The fraction of sp³-hybridized carbons (Fsp3) is 0.500. The van der Waals surface area contributed by atoms with Crippen LogP contribution in [-0.2, 0) is 14.3 Å². The number of nitrogens with zero attached hydrogens (tertiary/aromatic N) is 2. The van der Waals surface area contributed by atoms with Crippen LogP contribution >= 0.6 is 0 Å². The summed E-state index contributed by atoms with van der Waals surface area (Å²) in [6.07, 6.45) is 6.59. The lowest BCUT2D eigenvalue weighted by Crippen LogP contribution is -2.15. The monoisotopic (exact) mass is 234 g/mol. The lowest BCUT2D eigenvalue weighted by Gasteiger charge is -2.09. The quantitative estimate of drug-likeness (QED) is 0.692. The average molecular weight is 234 g/mol. The van der Waals surface area contributed by atoms with Crippen molar-refractivity contribution in [3.05, 3.63) is 23.8 Å². The average Bonchev–Trinajstić information content (AvgIpc) is 2.83. The molecular weight excluding hydrogens is 220 g/mol. The molecule has 0 radical (unpaired) electrons. The highest BCUT2D eigenvalue weighted by Gasteiger charge is 2.16. The van der Waals surface area contributed by atoms with Crippen LogP contribution in [0, 0.1) is 11.3 Å². The van der Waals surface area contributed by atoms with Crippen LogP contribution in [-0.4, -0.2) is 31.8 Å². The van der Waals surface area contributed by atoms with Crippen molar-refractivity contribution in [2.45, 2.75) is 19.1 Å². The highest BCUT2D eigenvalue weighted by molar-refractivity contribution is 5.97. The zero-order valence-electron chi connectivity index (χ0n) is 9.46. The Labute approximate surface area is 99.9 Å². The van der Waals surface area contributed by atoms with Gasteiger partial charge in [-0.1, -0.05) is 17.3 Å². The third-order valence-electron chi connectivity index (χ3n) is 2.38. The van der Waals surface area contributed by atoms with E-state index in [4.69, 9.17) is 19.6 Å². The number of rotatable bonds is 4. The topological polar surface area (TPSA) is 63.8 Å². The second kappa shape index (κ2) is 6.18. The Morgan fingerprint density at radius 1 is 1.47 bits per heavy atom. The molecule has 5 nitrogen and oxygen atoms in total. The molecule has 2 rings (SSSR count). The van der Waals surface area contributed by atoms with Crippen LogP contribution in [0.4, 0.5) is 0 Å². The maximum absolute atomic E-state index is 8.60. The molecule has 0 unspecified atom stereocenters. The molecule has 1 heterocycles. The standard InChI is InChI=1S/C12H14N2O3/c13-5-4-10-2-1-3-11(8-10)14-17-9-12-15-6-7-16-12/h1-2,8,12H,3-4,6-7,9H2/b14-11-. The summed E-state index contributed by atoms with van der Waals surface area (Å²) in [5, 5.41) is 12.6. The van der Waals surface area contributed by atoms with Gasteiger partial charge in [0.1, 0.15) is 0 Å². The zero-order valence-corrected chi connectivity index (χ0v) is 9.46. The van der Waals surface area contributed by atoms with Crippen LogP contribution in [0.2, 0.25) is 0 Å². The molecule has 1 saturated heterocycles. The van der Waals surface area contributed by atoms with E-state index in [0.29, 0.717) is 26.2 Å². The van der Waals surface area contributed by atoms with Crippen LogP contribution in [0.3, 0.4) is 0 Å². The summed E-state index contributed by atoms with van der Waals surface area (Å²) >= 11 is 0. The van der Waals surface area contributed by atoms with Gasteiger partial charge < -0.3 is 14.3 Å². The van der Waals surface area contributed by atoms with Crippen molar-refractivity contribution in [3.63, 3.8) is 0 Å². The molecule has 1 fully saturated rings. The molecule has 0 spiro atoms. The molecule has 0 amide bonds. The Balaban J connectivity index is 1.81. The van der Waals surface area contributed by atoms with Gasteiger partial charge >= 0.3 is 0 Å². The van der Waals surface area contributed by atoms with Crippen LogP contribution in [0.25, 0.3) is 0 Å². The van der Waals surface area contributed by atoms with Gasteiger partial charge in [-0.3, -0.25) is 0 Å². The van der Waals surface area contributed by atoms with Gasteiger partial charge in [-0.25, -0.2) is 0 Å². The van der Waals surface area contributed by atoms with Crippen molar-refractivity contribution in [3.8, 4) is 6.07 Å². The molecule has 5 heteroatoms. The van der Waals surface area contributed by atoms with Crippen molar-refractivity contribution in [2.24, 2.45) is 5.16 Å². The Morgan fingerprint density at radius 2 is 2.29 bits per heavy atom. The molecular formula is C12H14N2O3. The minimum atomic E-state index is -0.305. The second-order valence-electron chi connectivity index (χ2n) is 3.71. The van der Waals surface area contributed by atoms with Gasteiger partial charge in [0, 0.05) is 6.42 Å². The smallest absolute Gasteiger partial charge is 0.194 e. The van der Waals surface area contributed by atoms with E-state index in [0.717, 1.165) is 17.7 Å². The Hall–Kier alpha value is -1.64. The number of allylic oxidation sites excluding steroid dienone is 4. The molecule has 1 aliphatic carbocycles. The summed E-state index contributed by atoms with van der Waals surface area (Å²) in [5.41, 5.74) is 1.77. The van der Waals surface area contributed by atoms with Crippen LogP contribution in [0.1, 0.15) is 12.8 Å². The third kappa shape index (κ3) is 3.70. The van der Waals surface area contributed by atoms with Crippen molar-refractivity contribution in [1.82, 2.24) is 0 Å². The first-order valence-electron chi connectivity index (χ1n) is 5.54. The van der Waals surface area contributed by atoms with Crippen LogP contribution in [0.15, 0.2) is 29.0 Å². The van der Waals surface area contributed by atoms with E-state index in [-0.39, 0.29) is 6.29 Å². The largest absolute Gasteiger partial charge is 0.390 e. The molecule has 17 heavy (non-hydrogen) atoms. The molecule has 0 aromatic carbocycles. The van der Waals surface area contributed by atoms with E-state index >= 15 is 0 Å². The van der Waals surface area contributed by atoms with Crippen molar-refractivity contribution in [1.29, 1.82) is 5.26 Å². The van der Waals surface area contributed by atoms with Gasteiger partial charge in [-0.15, -0.1) is 0 Å². The number of ether oxygens (including phenoxy) is 2. The van der Waals surface area contributed by atoms with Crippen molar-refractivity contribution < 1.29 is 14.3 Å². The first-order valence-corrected chi connectivity index (χ1v) is 5.54. The molecule has 1 aliphatic heterocycles. The summed E-state index contributed by atoms with van der Waals surface area (Å²) in [6.45, 7) is 1.52. The molecule has 0 N–H and O–H groups in total. The van der Waals surface area contributed by atoms with Crippen LogP contribution < -0.4 is 0 Å². The van der Waals surface area contributed by atoms with E-state index in [1.807, 2.05) is 18.2 Å². The van der Waals surface area contributed by atoms with Crippen molar-refractivity contribution >= 4 is 5.71 Å². The third-order valence-corrected chi connectivity index (χ3v) is 2.38. The molecule has 0 atom stereocenters. The first kappa shape index (κ1) is 11.8. The van der Waals surface area contributed by atoms with E-state index in [2.05, 4.69) is 11.2 Å². The molecule has 0 saturated carbocycles. The van der Waals surface area contributed by atoms with Gasteiger partial charge in [0.05, 0.1) is 31.4 Å². The fourth-order valence-corrected chi connectivity index (χ4v) is 1.60. The van der Waals surface area contributed by atoms with Gasteiger partial charge in [-0.05, 0) is 11.6 Å². The van der Waals surface area contributed by atoms with E-state index in [1.165, 1.54) is 0 Å². The maximum atomic E-state index is 8.60. The lowest BCUT2D eigenvalue weighted by atomic mass is 10.0. The molecule has 0 aromatic rings. The summed E-state index contributed by atoms with van der Waals surface area (Å²) in [6, 6.07) is 2.10. The number of hydrogen-bond donors (Lipinski definition) is 0. The Bertz CT molecular complexity index is 387. The van der Waals surface area contributed by atoms with Gasteiger partial charge in [0.2, 0.25) is 0 Å². The number of nitriles is 1. The minimum Gasteiger partial charge on any atom is -0.390 e. The Morgan fingerprint density at radius 3 is 3.06 bits per heavy atom. The summed E-state index contributed by atoms with van der Waals surface area (Å²) < 4.78 is 10.4. The summed E-state index contributed by atoms with van der Waals surface area (Å²) in [7, 11) is 0. The van der Waals surface area contributed by atoms with Gasteiger partial charge in [0.25, 0.3) is 0 Å².